The molecule has 2 amide bonds. The molecular formula is C18H28N4O2. The fraction of sp³-hybridized carbons (Fsp3) is 0.667. The number of carbonyl (C=O) groups excluding carboxylic acids is 1. The summed E-state index contributed by atoms with van der Waals surface area (Å²) < 4.78 is 5.95. The minimum absolute atomic E-state index is 0.0593. The maximum atomic E-state index is 12.4. The van der Waals surface area contributed by atoms with E-state index in [0.717, 1.165) is 51.3 Å². The third-order valence-electron chi connectivity index (χ3n) is 4.78. The van der Waals surface area contributed by atoms with Crippen molar-refractivity contribution < 1.29 is 9.53 Å². The summed E-state index contributed by atoms with van der Waals surface area (Å²) in [6.07, 6.45) is 7.96. The normalized spacial score (nSPS) is 20.8. The zero-order chi connectivity index (χ0) is 16.8. The van der Waals surface area contributed by atoms with Crippen LogP contribution in [-0.4, -0.2) is 65.7 Å². The van der Waals surface area contributed by atoms with Gasteiger partial charge in [-0.05, 0) is 45.0 Å². The molecule has 1 atom stereocenters. The number of carbonyl (C=O) groups is 1. The van der Waals surface area contributed by atoms with E-state index in [2.05, 4.69) is 22.1 Å². The molecule has 6 heteroatoms. The van der Waals surface area contributed by atoms with Crippen LogP contribution in [0.15, 0.2) is 24.5 Å². The van der Waals surface area contributed by atoms with E-state index in [0.29, 0.717) is 0 Å². The van der Waals surface area contributed by atoms with Gasteiger partial charge >= 0.3 is 6.03 Å². The van der Waals surface area contributed by atoms with Crippen molar-refractivity contribution in [1.82, 2.24) is 20.1 Å². The maximum Gasteiger partial charge on any atom is 0.317 e. The Morgan fingerprint density at radius 3 is 2.58 bits per heavy atom. The SMILES string of the molecule is C[C@H](CN1CCCC1)NC(=O)N1CCC(Oc2ccncc2)CC1. The summed E-state index contributed by atoms with van der Waals surface area (Å²) in [5, 5.41) is 3.14. The Morgan fingerprint density at radius 1 is 1.25 bits per heavy atom. The summed E-state index contributed by atoms with van der Waals surface area (Å²) in [6, 6.07) is 4.00. The van der Waals surface area contributed by atoms with Gasteiger partial charge in [-0.3, -0.25) is 4.98 Å². The van der Waals surface area contributed by atoms with E-state index in [-0.39, 0.29) is 18.2 Å². The number of hydrogen-bond donors (Lipinski definition) is 1. The maximum absolute atomic E-state index is 12.4. The summed E-state index contributed by atoms with van der Waals surface area (Å²) in [6.45, 7) is 6.87. The second kappa shape index (κ2) is 8.33. The number of pyridine rings is 1. The molecule has 2 aliphatic heterocycles. The van der Waals surface area contributed by atoms with Gasteiger partial charge in [0.05, 0.1) is 0 Å². The van der Waals surface area contributed by atoms with Gasteiger partial charge in [0.2, 0.25) is 0 Å². The van der Waals surface area contributed by atoms with E-state index in [4.69, 9.17) is 4.74 Å². The highest BCUT2D eigenvalue weighted by Crippen LogP contribution is 2.18. The number of urea groups is 1. The summed E-state index contributed by atoms with van der Waals surface area (Å²) >= 11 is 0. The highest BCUT2D eigenvalue weighted by molar-refractivity contribution is 5.74. The number of amides is 2. The molecule has 24 heavy (non-hydrogen) atoms. The number of rotatable bonds is 5. The molecular weight excluding hydrogens is 304 g/mol. The lowest BCUT2D eigenvalue weighted by molar-refractivity contribution is 0.109. The molecule has 0 saturated carbocycles. The second-order valence-electron chi connectivity index (χ2n) is 6.85. The summed E-state index contributed by atoms with van der Waals surface area (Å²) in [7, 11) is 0. The fourth-order valence-electron chi connectivity index (χ4n) is 3.49. The molecule has 2 fully saturated rings. The van der Waals surface area contributed by atoms with Gasteiger partial charge in [0.25, 0.3) is 0 Å². The van der Waals surface area contributed by atoms with Crippen molar-refractivity contribution in [3.63, 3.8) is 0 Å². The Balaban J connectivity index is 1.38. The zero-order valence-corrected chi connectivity index (χ0v) is 14.5. The van der Waals surface area contributed by atoms with Crippen molar-refractivity contribution in [2.24, 2.45) is 0 Å². The van der Waals surface area contributed by atoms with Crippen LogP contribution in [0.1, 0.15) is 32.6 Å². The second-order valence-corrected chi connectivity index (χ2v) is 6.85. The zero-order valence-electron chi connectivity index (χ0n) is 14.5. The monoisotopic (exact) mass is 332 g/mol. The molecule has 2 aliphatic rings. The molecule has 132 valence electrons. The Labute approximate surface area is 144 Å². The standard InChI is InChI=1S/C18H28N4O2/c1-15(14-21-10-2-3-11-21)20-18(23)22-12-6-17(7-13-22)24-16-4-8-19-9-5-16/h4-5,8-9,15,17H,2-3,6-7,10-14H2,1H3,(H,20,23)/t15-/m1/s1. The lowest BCUT2D eigenvalue weighted by Crippen LogP contribution is -2.50. The molecule has 3 rings (SSSR count). The van der Waals surface area contributed by atoms with Crippen LogP contribution in [0.3, 0.4) is 0 Å². The molecule has 6 nitrogen and oxygen atoms in total. The number of piperidine rings is 1. The van der Waals surface area contributed by atoms with Crippen molar-refractivity contribution in [1.29, 1.82) is 0 Å². The van der Waals surface area contributed by atoms with Crippen molar-refractivity contribution in [2.45, 2.75) is 44.8 Å². The molecule has 0 aliphatic carbocycles. The number of hydrogen-bond acceptors (Lipinski definition) is 4. The lowest BCUT2D eigenvalue weighted by Gasteiger charge is -2.33. The molecule has 1 aromatic heterocycles. The van der Waals surface area contributed by atoms with Crippen LogP contribution >= 0.6 is 0 Å². The van der Waals surface area contributed by atoms with E-state index < -0.39 is 0 Å². The first-order chi connectivity index (χ1) is 11.7. The quantitative estimate of drug-likeness (QED) is 0.897. The average Bonchev–Trinajstić information content (AvgIpc) is 3.09. The minimum atomic E-state index is 0.0593. The molecule has 0 bridgehead atoms. The first-order valence-electron chi connectivity index (χ1n) is 9.05. The summed E-state index contributed by atoms with van der Waals surface area (Å²) in [5.41, 5.74) is 0. The number of nitrogens with one attached hydrogen (secondary N) is 1. The number of nitrogens with zero attached hydrogens (tertiary/aromatic N) is 3. The van der Waals surface area contributed by atoms with Crippen molar-refractivity contribution in [2.75, 3.05) is 32.7 Å². The molecule has 0 radical (unpaired) electrons. The van der Waals surface area contributed by atoms with Gasteiger partial charge in [-0.15, -0.1) is 0 Å². The number of likely N-dealkylation sites (tertiary alicyclic amines) is 2. The van der Waals surface area contributed by atoms with Crippen molar-refractivity contribution in [3.05, 3.63) is 24.5 Å². The first-order valence-corrected chi connectivity index (χ1v) is 9.05. The molecule has 0 aromatic carbocycles. The molecule has 0 unspecified atom stereocenters. The van der Waals surface area contributed by atoms with Gasteiger partial charge in [0.15, 0.2) is 0 Å². The third-order valence-corrected chi connectivity index (χ3v) is 4.78. The smallest absolute Gasteiger partial charge is 0.317 e. The van der Waals surface area contributed by atoms with E-state index in [9.17, 15) is 4.79 Å². The summed E-state index contributed by atoms with van der Waals surface area (Å²) in [5.74, 6) is 0.854. The minimum Gasteiger partial charge on any atom is -0.490 e. The molecule has 1 aromatic rings. The third kappa shape index (κ3) is 4.84. The van der Waals surface area contributed by atoms with Gasteiger partial charge < -0.3 is 19.9 Å². The van der Waals surface area contributed by atoms with E-state index in [1.54, 1.807) is 12.4 Å². The Kier molecular flexibility index (Phi) is 5.91. The number of aromatic nitrogens is 1. The van der Waals surface area contributed by atoms with Crippen molar-refractivity contribution in [3.8, 4) is 5.75 Å². The number of ether oxygens (including phenoxy) is 1. The van der Waals surface area contributed by atoms with E-state index >= 15 is 0 Å². The Hall–Kier alpha value is -1.82. The largest absolute Gasteiger partial charge is 0.490 e. The van der Waals surface area contributed by atoms with E-state index in [1.165, 1.54) is 12.8 Å². The predicted molar refractivity (Wildman–Crippen MR) is 93.1 cm³/mol. The Morgan fingerprint density at radius 2 is 1.92 bits per heavy atom. The average molecular weight is 332 g/mol. The first kappa shape index (κ1) is 17.0. The summed E-state index contributed by atoms with van der Waals surface area (Å²) in [4.78, 5) is 20.7. The van der Waals surface area contributed by atoms with Gasteiger partial charge in [0.1, 0.15) is 11.9 Å². The van der Waals surface area contributed by atoms with E-state index in [1.807, 2.05) is 17.0 Å². The van der Waals surface area contributed by atoms with Gasteiger partial charge in [0, 0.05) is 50.9 Å². The highest BCUT2D eigenvalue weighted by Gasteiger charge is 2.25. The molecule has 1 N–H and O–H groups in total. The predicted octanol–water partition coefficient (Wildman–Crippen LogP) is 2.12. The van der Waals surface area contributed by atoms with Crippen molar-refractivity contribution >= 4 is 6.03 Å². The highest BCUT2D eigenvalue weighted by atomic mass is 16.5. The van der Waals surface area contributed by atoms with Gasteiger partial charge in [-0.2, -0.15) is 0 Å². The fourth-order valence-corrected chi connectivity index (χ4v) is 3.49. The van der Waals surface area contributed by atoms with Gasteiger partial charge in [-0.25, -0.2) is 4.79 Å². The lowest BCUT2D eigenvalue weighted by atomic mass is 10.1. The van der Waals surface area contributed by atoms with Crippen LogP contribution < -0.4 is 10.1 Å². The topological polar surface area (TPSA) is 57.7 Å². The van der Waals surface area contributed by atoms with Crippen LogP contribution in [0.25, 0.3) is 0 Å². The van der Waals surface area contributed by atoms with Crippen LogP contribution in [0.4, 0.5) is 4.79 Å². The van der Waals surface area contributed by atoms with Crippen LogP contribution in [-0.2, 0) is 0 Å². The molecule has 3 heterocycles. The Bertz CT molecular complexity index is 511. The van der Waals surface area contributed by atoms with Gasteiger partial charge in [-0.1, -0.05) is 0 Å². The van der Waals surface area contributed by atoms with Crippen LogP contribution in [0, 0.1) is 0 Å². The van der Waals surface area contributed by atoms with Crippen LogP contribution in [0.5, 0.6) is 5.75 Å². The van der Waals surface area contributed by atoms with Crippen LogP contribution in [0.2, 0.25) is 0 Å². The molecule has 2 saturated heterocycles. The molecule has 0 spiro atoms.